The zero-order valence-electron chi connectivity index (χ0n) is 35.7. The van der Waals surface area contributed by atoms with Gasteiger partial charge in [0.15, 0.2) is 6.71 Å². The van der Waals surface area contributed by atoms with Crippen molar-refractivity contribution in [3.63, 3.8) is 0 Å². The van der Waals surface area contributed by atoms with E-state index >= 15 is 0 Å². The molecule has 0 saturated heterocycles. The largest absolute Gasteiger partial charge is 2.00 e. The Balaban J connectivity index is 0.00000528. The molecule has 1 aliphatic heterocycles. The smallest absolute Gasteiger partial charge is 0.497 e. The predicted molar refractivity (Wildman–Crippen MR) is 247 cm³/mol. The Morgan fingerprint density at radius 2 is 1.02 bits per heavy atom. The van der Waals surface area contributed by atoms with Crippen LogP contribution in [0.4, 0.5) is 0 Å². The van der Waals surface area contributed by atoms with E-state index in [0.29, 0.717) is 35.2 Å². The zero-order chi connectivity index (χ0) is 40.7. The van der Waals surface area contributed by atoms with Crippen LogP contribution in [0.5, 0.6) is 11.5 Å². The van der Waals surface area contributed by atoms with Crippen molar-refractivity contribution < 1.29 is 25.8 Å². The standard InChI is InChI=1S/C53H52B2N2O.Pt/c1-33(2)41-21-16-22-42(34(3)4)51(41)54-45-25-10-11-26-46(45)55(52-43(35(5)6)23-17-24-44(52)36(7)8)53-47(54)31-39(49-28-14-18-37(9)57-49)32-50(53)58-40-20-15-19-38(30-40)48-27-12-13-29-56-48;/h10-29,31,33-36H,1-9H3;/q-2;+2. The SMILES string of the molecule is Cc1cccc(-c2[c-]c(Oc3[c-]c(-c4ccccn4)ccc3)c3c(c2)B(c2c(C(C)C)cccc2C(C)C)c2ccccc2B3c2c(C(C)C)cccc2C(C)C)n1.[Pt+2]. The fourth-order valence-corrected chi connectivity index (χ4v) is 9.18. The van der Waals surface area contributed by atoms with Crippen LogP contribution in [0.2, 0.25) is 0 Å². The van der Waals surface area contributed by atoms with E-state index in [0.717, 1.165) is 33.7 Å². The summed E-state index contributed by atoms with van der Waals surface area (Å²) in [7, 11) is 0. The Bertz CT molecular complexity index is 2550. The number of hydrogen-bond donors (Lipinski definition) is 0. The molecule has 3 heterocycles. The normalized spacial score (nSPS) is 12.2. The quantitative estimate of drug-likeness (QED) is 0.101. The molecule has 0 saturated carbocycles. The molecule has 296 valence electrons. The maximum Gasteiger partial charge on any atom is 2.00 e. The summed E-state index contributed by atoms with van der Waals surface area (Å²) in [5.41, 5.74) is 17.8. The van der Waals surface area contributed by atoms with Crippen LogP contribution in [0.25, 0.3) is 22.5 Å². The van der Waals surface area contributed by atoms with Crippen molar-refractivity contribution in [1.29, 1.82) is 0 Å². The molecule has 0 radical (unpaired) electrons. The molecular weight excluding hydrogens is 897 g/mol. The number of hydrogen-bond acceptors (Lipinski definition) is 3. The Morgan fingerprint density at radius 1 is 0.492 bits per heavy atom. The van der Waals surface area contributed by atoms with Gasteiger partial charge in [-0.05, 0) is 65.2 Å². The van der Waals surface area contributed by atoms with Crippen LogP contribution in [0.15, 0.2) is 128 Å². The molecule has 1 aliphatic rings. The molecule has 0 aliphatic carbocycles. The van der Waals surface area contributed by atoms with E-state index in [9.17, 15) is 0 Å². The van der Waals surface area contributed by atoms with Crippen molar-refractivity contribution in [2.24, 2.45) is 0 Å². The molecule has 0 bridgehead atoms. The minimum absolute atomic E-state index is 0. The average Bonchev–Trinajstić information content (AvgIpc) is 3.22. The first-order valence-corrected chi connectivity index (χ1v) is 21.0. The number of benzene rings is 5. The van der Waals surface area contributed by atoms with Gasteiger partial charge in [-0.1, -0.05) is 185 Å². The summed E-state index contributed by atoms with van der Waals surface area (Å²) in [5.74, 6) is 2.59. The van der Waals surface area contributed by atoms with Crippen molar-refractivity contribution >= 4 is 46.2 Å². The van der Waals surface area contributed by atoms with Crippen LogP contribution >= 0.6 is 0 Å². The fourth-order valence-electron chi connectivity index (χ4n) is 9.18. The number of aryl methyl sites for hydroxylation is 1. The van der Waals surface area contributed by atoms with Gasteiger partial charge >= 0.3 is 21.1 Å². The monoisotopic (exact) mass is 949 g/mol. The van der Waals surface area contributed by atoms with Gasteiger partial charge < -0.3 is 14.7 Å². The number of ether oxygens (including phenoxy) is 1. The van der Waals surface area contributed by atoms with Gasteiger partial charge in [-0.3, -0.25) is 0 Å². The fraction of sp³-hybridized carbons (Fsp3) is 0.245. The third-order valence-corrected chi connectivity index (χ3v) is 11.8. The second-order valence-corrected chi connectivity index (χ2v) is 17.1. The average molecular weight is 950 g/mol. The maximum absolute atomic E-state index is 7.27. The first-order valence-electron chi connectivity index (χ1n) is 21.0. The molecule has 0 spiro atoms. The molecule has 59 heavy (non-hydrogen) atoms. The van der Waals surface area contributed by atoms with Crippen molar-refractivity contribution in [2.75, 3.05) is 0 Å². The molecular formula is C53H52B2N2OPt. The van der Waals surface area contributed by atoms with Gasteiger partial charge in [0.25, 0.3) is 0 Å². The van der Waals surface area contributed by atoms with E-state index in [1.165, 1.54) is 49.6 Å². The van der Waals surface area contributed by atoms with E-state index in [1.54, 1.807) is 0 Å². The molecule has 0 fully saturated rings. The van der Waals surface area contributed by atoms with Crippen LogP contribution < -0.4 is 37.5 Å². The Kier molecular flexibility index (Phi) is 12.6. The van der Waals surface area contributed by atoms with E-state index in [1.807, 2.05) is 42.6 Å². The minimum Gasteiger partial charge on any atom is -0.497 e. The zero-order valence-corrected chi connectivity index (χ0v) is 38.0. The second-order valence-electron chi connectivity index (χ2n) is 17.1. The molecule has 0 atom stereocenters. The van der Waals surface area contributed by atoms with Crippen molar-refractivity contribution in [1.82, 2.24) is 9.97 Å². The Hall–Kier alpha value is -4.98. The summed E-state index contributed by atoms with van der Waals surface area (Å²) in [5, 5.41) is 0. The maximum atomic E-state index is 7.27. The molecule has 3 nitrogen and oxygen atoms in total. The van der Waals surface area contributed by atoms with Gasteiger partial charge in [0, 0.05) is 23.4 Å². The summed E-state index contributed by atoms with van der Waals surface area (Å²) >= 11 is 0. The Morgan fingerprint density at radius 3 is 1.58 bits per heavy atom. The van der Waals surface area contributed by atoms with Crippen molar-refractivity contribution in [2.45, 2.75) is 86.0 Å². The van der Waals surface area contributed by atoms with Gasteiger partial charge in [0.2, 0.25) is 6.71 Å². The molecule has 8 rings (SSSR count). The van der Waals surface area contributed by atoms with Crippen LogP contribution in [-0.4, -0.2) is 23.4 Å². The van der Waals surface area contributed by atoms with Gasteiger partial charge in [0.1, 0.15) is 0 Å². The Labute approximate surface area is 367 Å². The van der Waals surface area contributed by atoms with Gasteiger partial charge in [-0.25, -0.2) is 0 Å². The molecule has 0 N–H and O–H groups in total. The topological polar surface area (TPSA) is 35.0 Å². The number of aromatic nitrogens is 2. The van der Waals surface area contributed by atoms with E-state index in [4.69, 9.17) is 9.72 Å². The number of pyridine rings is 2. The summed E-state index contributed by atoms with van der Waals surface area (Å²) in [6.45, 7) is 20.5. The molecule has 2 aromatic heterocycles. The third kappa shape index (κ3) is 8.16. The van der Waals surface area contributed by atoms with Gasteiger partial charge in [0.05, 0.1) is 0 Å². The van der Waals surface area contributed by atoms with Crippen LogP contribution in [0, 0.1) is 19.1 Å². The third-order valence-electron chi connectivity index (χ3n) is 11.8. The van der Waals surface area contributed by atoms with Crippen LogP contribution in [0.3, 0.4) is 0 Å². The first-order chi connectivity index (χ1) is 28.0. The molecule has 6 heteroatoms. The second kappa shape index (κ2) is 17.7. The molecule has 7 aromatic rings. The summed E-state index contributed by atoms with van der Waals surface area (Å²) in [6, 6.07) is 51.2. The van der Waals surface area contributed by atoms with E-state index in [-0.39, 0.29) is 34.5 Å². The number of nitrogens with zero attached hydrogens (tertiary/aromatic N) is 2. The molecule has 0 amide bonds. The van der Waals surface area contributed by atoms with E-state index < -0.39 is 0 Å². The van der Waals surface area contributed by atoms with Crippen LogP contribution in [-0.2, 0) is 21.1 Å². The van der Waals surface area contributed by atoms with E-state index in [2.05, 4.69) is 164 Å². The van der Waals surface area contributed by atoms with Crippen molar-refractivity contribution in [3.05, 3.63) is 168 Å². The van der Waals surface area contributed by atoms with Gasteiger partial charge in [-0.2, -0.15) is 5.46 Å². The van der Waals surface area contributed by atoms with Crippen LogP contribution in [0.1, 0.15) is 107 Å². The number of fused-ring (bicyclic) bond motifs is 2. The van der Waals surface area contributed by atoms with Gasteiger partial charge in [-0.15, -0.1) is 40.9 Å². The first kappa shape index (κ1) is 42.2. The van der Waals surface area contributed by atoms with Crippen molar-refractivity contribution in [3.8, 4) is 34.0 Å². The number of rotatable bonds is 10. The summed E-state index contributed by atoms with van der Waals surface area (Å²) < 4.78 is 7.27. The predicted octanol–water partition coefficient (Wildman–Crippen LogP) is 9.35. The molecule has 0 unspecified atom stereocenters. The summed E-state index contributed by atoms with van der Waals surface area (Å²) in [4.78, 5) is 9.72. The molecule has 5 aromatic carbocycles. The summed E-state index contributed by atoms with van der Waals surface area (Å²) in [6.07, 6.45) is 1.82. The minimum atomic E-state index is -0.114.